The van der Waals surface area contributed by atoms with Crippen LogP contribution in [-0.4, -0.2) is 23.0 Å². The van der Waals surface area contributed by atoms with E-state index in [9.17, 15) is 4.79 Å². The molecule has 36 heavy (non-hydrogen) atoms. The molecule has 3 nitrogen and oxygen atoms in total. The summed E-state index contributed by atoms with van der Waals surface area (Å²) in [4.78, 5) is 15.5. The van der Waals surface area contributed by atoms with Gasteiger partial charge in [-0.25, -0.2) is 0 Å². The van der Waals surface area contributed by atoms with E-state index in [4.69, 9.17) is 4.74 Å². The second-order valence-electron chi connectivity index (χ2n) is 9.73. The van der Waals surface area contributed by atoms with Crippen LogP contribution in [0.1, 0.15) is 28.7 Å². The molecular formula is C33H33NO2. The van der Waals surface area contributed by atoms with Crippen molar-refractivity contribution in [2.45, 2.75) is 44.5 Å². The summed E-state index contributed by atoms with van der Waals surface area (Å²) in [5.74, 6) is -0.174. The molecule has 0 bridgehead atoms. The Balaban J connectivity index is 1.44. The number of ether oxygens (including phenoxy) is 1. The number of cyclic esters (lactones) is 1. The molecule has 1 heterocycles. The molecule has 0 aromatic heterocycles. The first-order valence-corrected chi connectivity index (χ1v) is 12.8. The van der Waals surface area contributed by atoms with E-state index in [1.807, 2.05) is 18.2 Å². The molecular weight excluding hydrogens is 442 g/mol. The lowest BCUT2D eigenvalue weighted by atomic mass is 9.91. The molecule has 1 fully saturated rings. The van der Waals surface area contributed by atoms with E-state index in [1.54, 1.807) is 0 Å². The summed E-state index contributed by atoms with van der Waals surface area (Å²) in [5, 5.41) is 0. The Morgan fingerprint density at radius 2 is 1.08 bits per heavy atom. The molecule has 3 heteroatoms. The summed E-state index contributed by atoms with van der Waals surface area (Å²) < 4.78 is 6.16. The van der Waals surface area contributed by atoms with Gasteiger partial charge in [0, 0.05) is 13.1 Å². The van der Waals surface area contributed by atoms with Crippen LogP contribution in [0.3, 0.4) is 0 Å². The standard InChI is InChI=1S/C33H33NO2/c35-33-30(21-26-13-5-1-6-14-26)23-32(36-33)31(22-27-15-7-2-8-16-27)34(24-28-17-9-3-10-18-28)25-29-19-11-4-12-20-29/h1-20,30-32H,21-25H2/t30-,31+,32-/m1/s1. The highest BCUT2D eigenvalue weighted by Crippen LogP contribution is 2.31. The first-order valence-electron chi connectivity index (χ1n) is 12.8. The molecule has 5 rings (SSSR count). The van der Waals surface area contributed by atoms with Crippen molar-refractivity contribution in [1.82, 2.24) is 4.90 Å². The van der Waals surface area contributed by atoms with E-state index in [-0.39, 0.29) is 24.0 Å². The number of rotatable bonds is 10. The lowest BCUT2D eigenvalue weighted by Gasteiger charge is -2.35. The van der Waals surface area contributed by atoms with Crippen LogP contribution in [-0.2, 0) is 35.5 Å². The van der Waals surface area contributed by atoms with Gasteiger partial charge in [0.1, 0.15) is 6.10 Å². The quantitative estimate of drug-likeness (QED) is 0.246. The van der Waals surface area contributed by atoms with Crippen molar-refractivity contribution in [1.29, 1.82) is 0 Å². The molecule has 4 aromatic rings. The largest absolute Gasteiger partial charge is 0.460 e. The average Bonchev–Trinajstić information content (AvgIpc) is 3.29. The Morgan fingerprint density at radius 3 is 1.58 bits per heavy atom. The van der Waals surface area contributed by atoms with Crippen LogP contribution < -0.4 is 0 Å². The predicted octanol–water partition coefficient (Wildman–Crippen LogP) is 6.47. The van der Waals surface area contributed by atoms with E-state index in [0.29, 0.717) is 0 Å². The molecule has 0 radical (unpaired) electrons. The number of hydrogen-bond donors (Lipinski definition) is 0. The van der Waals surface area contributed by atoms with E-state index < -0.39 is 0 Å². The minimum Gasteiger partial charge on any atom is -0.460 e. The van der Waals surface area contributed by atoms with Crippen molar-refractivity contribution < 1.29 is 9.53 Å². The van der Waals surface area contributed by atoms with Gasteiger partial charge in [-0.1, -0.05) is 121 Å². The summed E-state index contributed by atoms with van der Waals surface area (Å²) in [6, 6.07) is 42.1. The minimum atomic E-state index is -0.154. The fourth-order valence-corrected chi connectivity index (χ4v) is 5.25. The third-order valence-corrected chi connectivity index (χ3v) is 7.09. The second kappa shape index (κ2) is 11.8. The topological polar surface area (TPSA) is 29.5 Å². The van der Waals surface area contributed by atoms with Gasteiger partial charge in [0.05, 0.1) is 12.0 Å². The highest BCUT2D eigenvalue weighted by Gasteiger charge is 2.41. The van der Waals surface area contributed by atoms with Gasteiger partial charge in [0.25, 0.3) is 0 Å². The maximum atomic E-state index is 13.0. The molecule has 4 aromatic carbocycles. The SMILES string of the molecule is O=C1O[C@@H]([C@H](Cc2ccccc2)N(Cc2ccccc2)Cc2ccccc2)C[C@H]1Cc1ccccc1. The molecule has 0 spiro atoms. The number of esters is 1. The molecule has 182 valence electrons. The monoisotopic (exact) mass is 475 g/mol. The normalized spacial score (nSPS) is 18.2. The van der Waals surface area contributed by atoms with Gasteiger partial charge in [0.15, 0.2) is 0 Å². The number of nitrogens with zero attached hydrogens (tertiary/aromatic N) is 1. The van der Waals surface area contributed by atoms with Gasteiger partial charge in [-0.15, -0.1) is 0 Å². The van der Waals surface area contributed by atoms with Crippen LogP contribution in [0.25, 0.3) is 0 Å². The van der Waals surface area contributed by atoms with E-state index in [1.165, 1.54) is 22.3 Å². The summed E-state index contributed by atoms with van der Waals surface area (Å²) in [6.45, 7) is 1.59. The molecule has 0 N–H and O–H groups in total. The lowest BCUT2D eigenvalue weighted by Crippen LogP contribution is -2.44. The number of benzene rings is 4. The maximum Gasteiger partial charge on any atom is 0.309 e. The van der Waals surface area contributed by atoms with Crippen LogP contribution in [0.4, 0.5) is 0 Å². The molecule has 0 amide bonds. The highest BCUT2D eigenvalue weighted by molar-refractivity contribution is 5.75. The van der Waals surface area contributed by atoms with E-state index in [0.717, 1.165) is 32.4 Å². The molecule has 1 saturated heterocycles. The molecule has 1 aliphatic rings. The van der Waals surface area contributed by atoms with Crippen molar-refractivity contribution in [2.24, 2.45) is 5.92 Å². The second-order valence-corrected chi connectivity index (χ2v) is 9.73. The molecule has 1 aliphatic heterocycles. The summed E-state index contributed by atoms with van der Waals surface area (Å²) in [7, 11) is 0. The zero-order valence-electron chi connectivity index (χ0n) is 20.6. The zero-order valence-corrected chi connectivity index (χ0v) is 20.6. The van der Waals surface area contributed by atoms with Crippen molar-refractivity contribution in [3.8, 4) is 0 Å². The summed E-state index contributed by atoms with van der Waals surface area (Å²) in [5.41, 5.74) is 4.97. The fraction of sp³-hybridized carbons (Fsp3) is 0.242. The Kier molecular flexibility index (Phi) is 7.89. The number of hydrogen-bond acceptors (Lipinski definition) is 3. The fourth-order valence-electron chi connectivity index (χ4n) is 5.25. The van der Waals surface area contributed by atoms with Crippen molar-refractivity contribution in [3.63, 3.8) is 0 Å². The third-order valence-electron chi connectivity index (χ3n) is 7.09. The van der Waals surface area contributed by atoms with Crippen LogP contribution in [0, 0.1) is 5.92 Å². The third kappa shape index (κ3) is 6.30. The van der Waals surface area contributed by atoms with Crippen molar-refractivity contribution in [3.05, 3.63) is 144 Å². The first kappa shape index (κ1) is 24.0. The molecule has 0 saturated carbocycles. The Hall–Kier alpha value is -3.69. The van der Waals surface area contributed by atoms with Gasteiger partial charge in [-0.2, -0.15) is 0 Å². The van der Waals surface area contributed by atoms with Crippen molar-refractivity contribution in [2.75, 3.05) is 0 Å². The van der Waals surface area contributed by atoms with Gasteiger partial charge in [0.2, 0.25) is 0 Å². The minimum absolute atomic E-state index is 0.0672. The summed E-state index contributed by atoms with van der Waals surface area (Å²) in [6.07, 6.45) is 2.15. The highest BCUT2D eigenvalue weighted by atomic mass is 16.6. The zero-order chi connectivity index (χ0) is 24.6. The number of carbonyl (C=O) groups is 1. The van der Waals surface area contributed by atoms with Crippen molar-refractivity contribution >= 4 is 5.97 Å². The van der Waals surface area contributed by atoms with Gasteiger partial charge < -0.3 is 4.74 Å². The molecule has 0 aliphatic carbocycles. The van der Waals surface area contributed by atoms with Gasteiger partial charge in [-0.05, 0) is 41.5 Å². The predicted molar refractivity (Wildman–Crippen MR) is 144 cm³/mol. The Bertz CT molecular complexity index is 1170. The average molecular weight is 476 g/mol. The molecule has 0 unspecified atom stereocenters. The lowest BCUT2D eigenvalue weighted by molar-refractivity contribution is -0.146. The van der Waals surface area contributed by atoms with E-state index >= 15 is 0 Å². The number of carbonyl (C=O) groups excluding carboxylic acids is 1. The van der Waals surface area contributed by atoms with Crippen LogP contribution >= 0.6 is 0 Å². The Labute approximate surface area is 214 Å². The van der Waals surface area contributed by atoms with E-state index in [2.05, 4.69) is 108 Å². The smallest absolute Gasteiger partial charge is 0.309 e. The first-order chi connectivity index (χ1) is 17.7. The van der Waals surface area contributed by atoms with Crippen LogP contribution in [0.2, 0.25) is 0 Å². The maximum absolute atomic E-state index is 13.0. The molecule has 3 atom stereocenters. The van der Waals surface area contributed by atoms with Gasteiger partial charge in [-0.3, -0.25) is 9.69 Å². The Morgan fingerprint density at radius 1 is 0.639 bits per heavy atom. The summed E-state index contributed by atoms with van der Waals surface area (Å²) >= 11 is 0. The van der Waals surface area contributed by atoms with Crippen LogP contribution in [0.15, 0.2) is 121 Å². The van der Waals surface area contributed by atoms with Crippen LogP contribution in [0.5, 0.6) is 0 Å². The van der Waals surface area contributed by atoms with Gasteiger partial charge >= 0.3 is 5.97 Å².